The molecule has 1 aromatic carbocycles. The Balaban J connectivity index is 2.44. The number of rotatable bonds is 5. The first-order valence-electron chi connectivity index (χ1n) is 5.17. The second kappa shape index (κ2) is 5.99. The maximum absolute atomic E-state index is 13.1. The maximum atomic E-state index is 13.1. The van der Waals surface area contributed by atoms with Gasteiger partial charge in [-0.05, 0) is 19.1 Å². The van der Waals surface area contributed by atoms with Gasteiger partial charge in [0.15, 0.2) is 11.6 Å². The SMILES string of the molecule is CC(CNCC(F)(F)F)Oc1cc(F)ccc1F. The smallest absolute Gasteiger partial charge is 0.401 e. The average Bonchev–Trinajstić information content (AvgIpc) is 2.21. The van der Waals surface area contributed by atoms with Crippen LogP contribution < -0.4 is 10.1 Å². The van der Waals surface area contributed by atoms with Gasteiger partial charge in [-0.1, -0.05) is 0 Å². The van der Waals surface area contributed by atoms with Crippen molar-refractivity contribution in [1.82, 2.24) is 5.32 Å². The minimum Gasteiger partial charge on any atom is -0.486 e. The third-order valence-electron chi connectivity index (χ3n) is 1.98. The molecule has 0 saturated carbocycles. The van der Waals surface area contributed by atoms with E-state index in [1.165, 1.54) is 6.92 Å². The standard InChI is InChI=1S/C11H12F5NO/c1-7(5-17-6-11(14,15)16)18-10-4-8(12)2-3-9(10)13/h2-4,7,17H,5-6H2,1H3. The molecule has 0 heterocycles. The van der Waals surface area contributed by atoms with E-state index in [9.17, 15) is 22.0 Å². The molecule has 0 aliphatic carbocycles. The van der Waals surface area contributed by atoms with Crippen molar-refractivity contribution < 1.29 is 26.7 Å². The Kier molecular flexibility index (Phi) is 4.89. The second-order valence-corrected chi connectivity index (χ2v) is 3.75. The first kappa shape index (κ1) is 14.7. The van der Waals surface area contributed by atoms with Crippen molar-refractivity contribution in [2.24, 2.45) is 0 Å². The van der Waals surface area contributed by atoms with Gasteiger partial charge in [-0.3, -0.25) is 0 Å². The Morgan fingerprint density at radius 2 is 1.94 bits per heavy atom. The van der Waals surface area contributed by atoms with Gasteiger partial charge in [-0.25, -0.2) is 8.78 Å². The first-order valence-corrected chi connectivity index (χ1v) is 5.17. The van der Waals surface area contributed by atoms with Gasteiger partial charge in [0.25, 0.3) is 0 Å². The summed E-state index contributed by atoms with van der Waals surface area (Å²) < 4.78 is 66.5. The van der Waals surface area contributed by atoms with Crippen LogP contribution in [-0.2, 0) is 0 Å². The van der Waals surface area contributed by atoms with Gasteiger partial charge in [0.1, 0.15) is 11.9 Å². The van der Waals surface area contributed by atoms with E-state index in [2.05, 4.69) is 5.32 Å². The molecule has 7 heteroatoms. The molecule has 0 amide bonds. The molecule has 1 N–H and O–H groups in total. The summed E-state index contributed by atoms with van der Waals surface area (Å²) in [4.78, 5) is 0. The van der Waals surface area contributed by atoms with Gasteiger partial charge >= 0.3 is 6.18 Å². The zero-order valence-electron chi connectivity index (χ0n) is 9.52. The molecule has 0 aliphatic heterocycles. The lowest BCUT2D eigenvalue weighted by Crippen LogP contribution is -2.35. The van der Waals surface area contributed by atoms with Crippen molar-refractivity contribution in [3.8, 4) is 5.75 Å². The topological polar surface area (TPSA) is 21.3 Å². The number of alkyl halides is 3. The van der Waals surface area contributed by atoms with Crippen LogP contribution in [0.15, 0.2) is 18.2 Å². The fraction of sp³-hybridized carbons (Fsp3) is 0.455. The summed E-state index contributed by atoms with van der Waals surface area (Å²) in [6.07, 6.45) is -5.03. The summed E-state index contributed by atoms with van der Waals surface area (Å²) in [5, 5.41) is 2.11. The molecule has 102 valence electrons. The van der Waals surface area contributed by atoms with Crippen LogP contribution >= 0.6 is 0 Å². The van der Waals surface area contributed by atoms with Gasteiger partial charge < -0.3 is 10.1 Å². The van der Waals surface area contributed by atoms with Crippen molar-refractivity contribution in [3.05, 3.63) is 29.8 Å². The van der Waals surface area contributed by atoms with Crippen molar-refractivity contribution in [2.75, 3.05) is 13.1 Å². The molecular formula is C11H12F5NO. The summed E-state index contributed by atoms with van der Waals surface area (Å²) in [6, 6.07) is 2.66. The highest BCUT2D eigenvalue weighted by Gasteiger charge is 2.26. The number of halogens is 5. The van der Waals surface area contributed by atoms with E-state index >= 15 is 0 Å². The minimum atomic E-state index is -4.32. The molecule has 1 rings (SSSR count). The number of benzene rings is 1. The van der Waals surface area contributed by atoms with E-state index in [4.69, 9.17) is 4.74 Å². The summed E-state index contributed by atoms with van der Waals surface area (Å²) >= 11 is 0. The Hall–Kier alpha value is -1.37. The third kappa shape index (κ3) is 5.31. The average molecular weight is 269 g/mol. The second-order valence-electron chi connectivity index (χ2n) is 3.75. The number of ether oxygens (including phenoxy) is 1. The number of hydrogen-bond acceptors (Lipinski definition) is 2. The van der Waals surface area contributed by atoms with E-state index < -0.39 is 30.5 Å². The van der Waals surface area contributed by atoms with Gasteiger partial charge in [0.05, 0.1) is 6.54 Å². The van der Waals surface area contributed by atoms with E-state index in [1.54, 1.807) is 0 Å². The van der Waals surface area contributed by atoms with Crippen LogP contribution in [0, 0.1) is 11.6 Å². The van der Waals surface area contributed by atoms with E-state index in [0.717, 1.165) is 18.2 Å². The Labute approximate surface area is 101 Å². The zero-order valence-corrected chi connectivity index (χ0v) is 9.52. The van der Waals surface area contributed by atoms with Crippen molar-refractivity contribution in [2.45, 2.75) is 19.2 Å². The highest BCUT2D eigenvalue weighted by Crippen LogP contribution is 2.19. The Morgan fingerprint density at radius 3 is 2.56 bits per heavy atom. The first-order chi connectivity index (χ1) is 8.28. The molecule has 0 saturated heterocycles. The third-order valence-corrected chi connectivity index (χ3v) is 1.98. The van der Waals surface area contributed by atoms with E-state index in [0.29, 0.717) is 0 Å². The highest BCUT2D eigenvalue weighted by molar-refractivity contribution is 5.25. The van der Waals surface area contributed by atoms with Crippen molar-refractivity contribution in [3.63, 3.8) is 0 Å². The van der Waals surface area contributed by atoms with Crippen molar-refractivity contribution >= 4 is 0 Å². The summed E-state index contributed by atoms with van der Waals surface area (Å²) in [5.74, 6) is -1.77. The van der Waals surface area contributed by atoms with Crippen molar-refractivity contribution in [1.29, 1.82) is 0 Å². The van der Waals surface area contributed by atoms with Crippen LogP contribution in [0.3, 0.4) is 0 Å². The number of hydrogen-bond donors (Lipinski definition) is 1. The zero-order chi connectivity index (χ0) is 13.8. The Bertz CT molecular complexity index is 394. The molecule has 18 heavy (non-hydrogen) atoms. The molecule has 2 nitrogen and oxygen atoms in total. The molecule has 0 bridgehead atoms. The molecular weight excluding hydrogens is 257 g/mol. The summed E-state index contributed by atoms with van der Waals surface area (Å²) in [7, 11) is 0. The van der Waals surface area contributed by atoms with Crippen LogP contribution in [0.2, 0.25) is 0 Å². The van der Waals surface area contributed by atoms with E-state index in [1.807, 2.05) is 0 Å². The van der Waals surface area contributed by atoms with Gasteiger partial charge in [0, 0.05) is 12.6 Å². The molecule has 1 atom stereocenters. The monoisotopic (exact) mass is 269 g/mol. The van der Waals surface area contributed by atoms with Crippen LogP contribution in [0.1, 0.15) is 6.92 Å². The molecule has 0 aromatic heterocycles. The maximum Gasteiger partial charge on any atom is 0.401 e. The van der Waals surface area contributed by atoms with Crippen LogP contribution in [-0.4, -0.2) is 25.4 Å². The largest absolute Gasteiger partial charge is 0.486 e. The highest BCUT2D eigenvalue weighted by atomic mass is 19.4. The van der Waals surface area contributed by atoms with Gasteiger partial charge in [-0.15, -0.1) is 0 Å². The van der Waals surface area contributed by atoms with Gasteiger partial charge in [-0.2, -0.15) is 13.2 Å². The molecule has 0 fully saturated rings. The lowest BCUT2D eigenvalue weighted by Gasteiger charge is -2.16. The lowest BCUT2D eigenvalue weighted by atomic mass is 10.3. The van der Waals surface area contributed by atoms with Crippen LogP contribution in [0.5, 0.6) is 5.75 Å². The quantitative estimate of drug-likeness (QED) is 0.830. The fourth-order valence-corrected chi connectivity index (χ4v) is 1.24. The summed E-state index contributed by atoms with van der Waals surface area (Å²) in [6.45, 7) is 0.162. The molecule has 1 unspecified atom stereocenters. The molecule has 0 aliphatic rings. The molecule has 1 aromatic rings. The van der Waals surface area contributed by atoms with E-state index in [-0.39, 0.29) is 12.3 Å². The van der Waals surface area contributed by atoms with Crippen LogP contribution in [0.4, 0.5) is 22.0 Å². The molecule has 0 spiro atoms. The summed E-state index contributed by atoms with van der Waals surface area (Å²) in [5.41, 5.74) is 0. The lowest BCUT2D eigenvalue weighted by molar-refractivity contribution is -0.125. The predicted molar refractivity (Wildman–Crippen MR) is 55.4 cm³/mol. The van der Waals surface area contributed by atoms with Crippen LogP contribution in [0.25, 0.3) is 0 Å². The minimum absolute atomic E-state index is 0.130. The van der Waals surface area contributed by atoms with Gasteiger partial charge in [0.2, 0.25) is 0 Å². The normalized spacial score (nSPS) is 13.4. The number of nitrogens with one attached hydrogen (secondary N) is 1. The Morgan fingerprint density at radius 1 is 1.28 bits per heavy atom. The fourth-order valence-electron chi connectivity index (χ4n) is 1.24. The predicted octanol–water partition coefficient (Wildman–Crippen LogP) is 2.88. The molecule has 0 radical (unpaired) electrons.